The van der Waals surface area contributed by atoms with Crippen LogP contribution in [0, 0.1) is 17.8 Å². The van der Waals surface area contributed by atoms with Gasteiger partial charge in [0, 0.05) is 25.6 Å². The van der Waals surface area contributed by atoms with Crippen molar-refractivity contribution in [2.45, 2.75) is 27.2 Å². The highest BCUT2D eigenvalue weighted by Crippen LogP contribution is 2.24. The fraction of sp³-hybridized carbons (Fsp3) is 0.917. The second-order valence-electron chi connectivity index (χ2n) is 5.04. The Morgan fingerprint density at radius 1 is 1.47 bits per heavy atom. The van der Waals surface area contributed by atoms with E-state index >= 15 is 0 Å². The van der Waals surface area contributed by atoms with E-state index in [1.54, 1.807) is 0 Å². The zero-order chi connectivity index (χ0) is 11.4. The van der Waals surface area contributed by atoms with Crippen molar-refractivity contribution in [1.82, 2.24) is 10.2 Å². The molecule has 0 radical (unpaired) electrons. The number of carbonyl (C=O) groups is 1. The summed E-state index contributed by atoms with van der Waals surface area (Å²) < 4.78 is 0. The molecule has 1 aliphatic rings. The molecule has 0 saturated carbocycles. The highest BCUT2D eigenvalue weighted by molar-refractivity contribution is 5.79. The molecule has 0 spiro atoms. The molecule has 1 amide bonds. The van der Waals surface area contributed by atoms with Crippen LogP contribution in [-0.2, 0) is 4.79 Å². The first-order valence-electron chi connectivity index (χ1n) is 5.99. The molecule has 1 fully saturated rings. The fourth-order valence-electron chi connectivity index (χ4n) is 2.24. The van der Waals surface area contributed by atoms with E-state index in [0.29, 0.717) is 17.7 Å². The lowest BCUT2D eigenvalue weighted by molar-refractivity contribution is -0.133. The summed E-state index contributed by atoms with van der Waals surface area (Å²) in [5, 5.41) is 3.06. The van der Waals surface area contributed by atoms with Crippen molar-refractivity contribution in [2.75, 3.05) is 26.7 Å². The van der Waals surface area contributed by atoms with Crippen LogP contribution in [0.15, 0.2) is 0 Å². The van der Waals surface area contributed by atoms with Gasteiger partial charge in [0.05, 0.1) is 0 Å². The first-order chi connectivity index (χ1) is 7.06. The van der Waals surface area contributed by atoms with Crippen LogP contribution in [0.1, 0.15) is 27.2 Å². The smallest absolute Gasteiger partial charge is 0.226 e. The SMILES string of the molecule is CNCC(C)C(=O)N1CCC(C(C)C)C1. The molecule has 15 heavy (non-hydrogen) atoms. The Kier molecular flexibility index (Phi) is 4.58. The number of likely N-dealkylation sites (tertiary alicyclic amines) is 1. The summed E-state index contributed by atoms with van der Waals surface area (Å²) in [6.07, 6.45) is 1.18. The van der Waals surface area contributed by atoms with E-state index in [9.17, 15) is 4.79 Å². The molecule has 1 saturated heterocycles. The quantitative estimate of drug-likeness (QED) is 0.763. The van der Waals surface area contributed by atoms with Crippen LogP contribution in [0.5, 0.6) is 0 Å². The molecule has 2 unspecified atom stereocenters. The molecule has 2 atom stereocenters. The van der Waals surface area contributed by atoms with Crippen LogP contribution < -0.4 is 5.32 Å². The topological polar surface area (TPSA) is 32.3 Å². The predicted molar refractivity (Wildman–Crippen MR) is 62.6 cm³/mol. The van der Waals surface area contributed by atoms with Gasteiger partial charge in [0.25, 0.3) is 0 Å². The molecule has 1 heterocycles. The third-order valence-corrected chi connectivity index (χ3v) is 3.41. The third-order valence-electron chi connectivity index (χ3n) is 3.41. The number of nitrogens with one attached hydrogen (secondary N) is 1. The van der Waals surface area contributed by atoms with Gasteiger partial charge in [-0.15, -0.1) is 0 Å². The molecule has 0 aromatic heterocycles. The van der Waals surface area contributed by atoms with Crippen molar-refractivity contribution in [3.8, 4) is 0 Å². The van der Waals surface area contributed by atoms with Crippen LogP contribution in [0.2, 0.25) is 0 Å². The number of rotatable bonds is 4. The Balaban J connectivity index is 2.42. The van der Waals surface area contributed by atoms with Gasteiger partial charge in [-0.1, -0.05) is 20.8 Å². The van der Waals surface area contributed by atoms with Gasteiger partial charge in [-0.05, 0) is 25.3 Å². The fourth-order valence-corrected chi connectivity index (χ4v) is 2.24. The zero-order valence-corrected chi connectivity index (χ0v) is 10.4. The Morgan fingerprint density at radius 3 is 2.60 bits per heavy atom. The first kappa shape index (κ1) is 12.5. The molecule has 1 rings (SSSR count). The van der Waals surface area contributed by atoms with Gasteiger partial charge in [-0.3, -0.25) is 4.79 Å². The average molecular weight is 212 g/mol. The maximum atomic E-state index is 12.0. The minimum atomic E-state index is 0.112. The predicted octanol–water partition coefficient (Wildman–Crippen LogP) is 1.35. The molecule has 88 valence electrons. The van der Waals surface area contributed by atoms with Crippen molar-refractivity contribution >= 4 is 5.91 Å². The number of hydrogen-bond donors (Lipinski definition) is 1. The number of carbonyl (C=O) groups excluding carboxylic acids is 1. The van der Waals surface area contributed by atoms with Gasteiger partial charge in [-0.2, -0.15) is 0 Å². The van der Waals surface area contributed by atoms with E-state index < -0.39 is 0 Å². The Morgan fingerprint density at radius 2 is 2.13 bits per heavy atom. The average Bonchev–Trinajstić information content (AvgIpc) is 2.65. The highest BCUT2D eigenvalue weighted by Gasteiger charge is 2.29. The van der Waals surface area contributed by atoms with E-state index in [1.807, 2.05) is 18.9 Å². The summed E-state index contributed by atoms with van der Waals surface area (Å²) in [7, 11) is 1.89. The van der Waals surface area contributed by atoms with Crippen molar-refractivity contribution in [3.05, 3.63) is 0 Å². The highest BCUT2D eigenvalue weighted by atomic mass is 16.2. The monoisotopic (exact) mass is 212 g/mol. The van der Waals surface area contributed by atoms with Crippen molar-refractivity contribution in [3.63, 3.8) is 0 Å². The summed E-state index contributed by atoms with van der Waals surface area (Å²) in [5.41, 5.74) is 0. The van der Waals surface area contributed by atoms with Gasteiger partial charge >= 0.3 is 0 Å². The Hall–Kier alpha value is -0.570. The molecule has 0 bridgehead atoms. The van der Waals surface area contributed by atoms with Crippen LogP contribution in [0.25, 0.3) is 0 Å². The Bertz CT molecular complexity index is 216. The second-order valence-corrected chi connectivity index (χ2v) is 5.04. The van der Waals surface area contributed by atoms with Crippen molar-refractivity contribution in [1.29, 1.82) is 0 Å². The molecule has 0 aliphatic carbocycles. The zero-order valence-electron chi connectivity index (χ0n) is 10.4. The standard InChI is InChI=1S/C12H24N2O/c1-9(2)11-5-6-14(8-11)12(15)10(3)7-13-4/h9-11,13H,5-8H2,1-4H3. The van der Waals surface area contributed by atoms with Gasteiger partial charge in [0.2, 0.25) is 5.91 Å². The third kappa shape index (κ3) is 3.20. The van der Waals surface area contributed by atoms with Crippen LogP contribution >= 0.6 is 0 Å². The van der Waals surface area contributed by atoms with E-state index in [2.05, 4.69) is 19.2 Å². The summed E-state index contributed by atoms with van der Waals surface area (Å²) in [4.78, 5) is 14.0. The summed E-state index contributed by atoms with van der Waals surface area (Å²) in [5.74, 6) is 1.83. The van der Waals surface area contributed by atoms with Gasteiger partial charge in [0.15, 0.2) is 0 Å². The number of hydrogen-bond acceptors (Lipinski definition) is 2. The lowest BCUT2D eigenvalue weighted by atomic mass is 9.95. The van der Waals surface area contributed by atoms with Gasteiger partial charge in [-0.25, -0.2) is 0 Å². The molecular weight excluding hydrogens is 188 g/mol. The second kappa shape index (κ2) is 5.50. The van der Waals surface area contributed by atoms with Crippen LogP contribution in [-0.4, -0.2) is 37.5 Å². The van der Waals surface area contributed by atoms with E-state index in [0.717, 1.165) is 19.6 Å². The van der Waals surface area contributed by atoms with E-state index in [-0.39, 0.29) is 5.92 Å². The van der Waals surface area contributed by atoms with Crippen molar-refractivity contribution in [2.24, 2.45) is 17.8 Å². The number of nitrogens with zero attached hydrogens (tertiary/aromatic N) is 1. The van der Waals surface area contributed by atoms with Crippen LogP contribution in [0.4, 0.5) is 0 Å². The van der Waals surface area contributed by atoms with Crippen molar-refractivity contribution < 1.29 is 4.79 Å². The van der Waals surface area contributed by atoms with Gasteiger partial charge < -0.3 is 10.2 Å². The van der Waals surface area contributed by atoms with E-state index in [4.69, 9.17) is 0 Å². The van der Waals surface area contributed by atoms with Gasteiger partial charge in [0.1, 0.15) is 0 Å². The maximum absolute atomic E-state index is 12.0. The summed E-state index contributed by atoms with van der Waals surface area (Å²) in [6, 6.07) is 0. The first-order valence-corrected chi connectivity index (χ1v) is 5.99. The molecule has 1 N–H and O–H groups in total. The molecule has 0 aromatic rings. The normalized spacial score (nSPS) is 23.5. The lowest BCUT2D eigenvalue weighted by Crippen LogP contribution is -2.37. The molecule has 3 nitrogen and oxygen atoms in total. The van der Waals surface area contributed by atoms with E-state index in [1.165, 1.54) is 6.42 Å². The largest absolute Gasteiger partial charge is 0.342 e. The minimum absolute atomic E-state index is 0.112. The molecular formula is C12H24N2O. The maximum Gasteiger partial charge on any atom is 0.226 e. The van der Waals surface area contributed by atoms with Crippen LogP contribution in [0.3, 0.4) is 0 Å². The molecule has 1 aliphatic heterocycles. The number of amides is 1. The minimum Gasteiger partial charge on any atom is -0.342 e. The molecule has 0 aromatic carbocycles. The Labute approximate surface area is 93.2 Å². The molecule has 3 heteroatoms. The summed E-state index contributed by atoms with van der Waals surface area (Å²) >= 11 is 0. The lowest BCUT2D eigenvalue weighted by Gasteiger charge is -2.21. The summed E-state index contributed by atoms with van der Waals surface area (Å²) in [6.45, 7) is 9.19.